The van der Waals surface area contributed by atoms with Gasteiger partial charge < -0.3 is 28.4 Å². The Morgan fingerprint density at radius 1 is 0.333 bits per heavy atom. The van der Waals surface area contributed by atoms with E-state index in [4.69, 9.17) is 28.4 Å². The fourth-order valence-electron chi connectivity index (χ4n) is 7.25. The van der Waals surface area contributed by atoms with Crippen LogP contribution >= 0.6 is 0 Å². The number of hydrogen-bond acceptors (Lipinski definition) is 10. The Morgan fingerprint density at radius 2 is 0.667 bits per heavy atom. The Kier molecular flexibility index (Phi) is 15.0. The van der Waals surface area contributed by atoms with Crippen LogP contribution in [0.4, 0.5) is 0 Å². The number of hydrogen-bond donors (Lipinski definition) is 0. The third-order valence-corrected chi connectivity index (χ3v) is 10.5. The largest absolute Gasteiger partial charge is 0.462 e. The molecule has 0 aromatic heterocycles. The summed E-state index contributed by atoms with van der Waals surface area (Å²) in [4.78, 5) is 9.71. The molecule has 19 aliphatic rings. The number of rotatable bonds is 0. The highest BCUT2D eigenvalue weighted by Crippen LogP contribution is 2.25. The van der Waals surface area contributed by atoms with Crippen molar-refractivity contribution in [3.8, 4) is 17.2 Å². The number of ether oxygens (including phenoxy) is 6. The molecule has 290 valence electrons. The number of benzene rings is 3. The molecular weight excluding hydrogens is 681 g/mol. The Balaban J connectivity index is 1.03. The van der Waals surface area contributed by atoms with E-state index in [1.165, 1.54) is 22.3 Å². The van der Waals surface area contributed by atoms with Gasteiger partial charge in [0.25, 0.3) is 0 Å². The first kappa shape index (κ1) is 38.7. The van der Waals surface area contributed by atoms with Crippen LogP contribution in [0.3, 0.4) is 0 Å². The van der Waals surface area contributed by atoms with Crippen LogP contribution in [0.2, 0.25) is 0 Å². The lowest BCUT2D eigenvalue weighted by Gasteiger charge is -2.27. The van der Waals surface area contributed by atoms with Crippen LogP contribution < -0.4 is 9.47 Å². The summed E-state index contributed by atoms with van der Waals surface area (Å²) in [7, 11) is 0. The third-order valence-electron chi connectivity index (χ3n) is 10.5. The predicted octanol–water partition coefficient (Wildman–Crippen LogP) is 5.98. The summed E-state index contributed by atoms with van der Waals surface area (Å²) < 4.78 is 37.1. The Labute approximate surface area is 321 Å². The normalized spacial score (nSPS) is 25.9. The van der Waals surface area contributed by atoms with Gasteiger partial charge in [0.1, 0.15) is 23.0 Å². The van der Waals surface area contributed by atoms with Gasteiger partial charge in [0.15, 0.2) is 0 Å². The number of nitrogens with zero attached hydrogens (tertiary/aromatic N) is 4. The maximum absolute atomic E-state index is 6.32. The molecule has 18 heterocycles. The summed E-state index contributed by atoms with van der Waals surface area (Å²) in [5, 5.41) is 0. The highest BCUT2D eigenvalue weighted by atomic mass is 16.5. The van der Waals surface area contributed by atoms with Gasteiger partial charge in [-0.05, 0) is 65.6 Å². The van der Waals surface area contributed by atoms with E-state index in [0.29, 0.717) is 52.9 Å². The summed E-state index contributed by atoms with van der Waals surface area (Å²) in [6, 6.07) is 25.4. The van der Waals surface area contributed by atoms with Gasteiger partial charge in [0.2, 0.25) is 0 Å². The first-order valence-corrected chi connectivity index (χ1v) is 19.9. The average molecular weight is 739 g/mol. The van der Waals surface area contributed by atoms with Crippen LogP contribution in [0.25, 0.3) is 0 Å². The van der Waals surface area contributed by atoms with Crippen LogP contribution in [0.1, 0.15) is 29.5 Å². The molecule has 0 radical (unpaired) electrons. The summed E-state index contributed by atoms with van der Waals surface area (Å²) in [6.45, 7) is 16.0. The molecule has 0 atom stereocenters. The molecule has 54 heavy (non-hydrogen) atoms. The lowest BCUT2D eigenvalue weighted by Crippen LogP contribution is -2.36. The van der Waals surface area contributed by atoms with Gasteiger partial charge in [-0.3, -0.25) is 19.6 Å². The van der Waals surface area contributed by atoms with Crippen LogP contribution in [0, 0.1) is 0 Å². The zero-order valence-corrected chi connectivity index (χ0v) is 31.9. The monoisotopic (exact) mass is 738 g/mol. The topological polar surface area (TPSA) is 68.3 Å². The summed E-state index contributed by atoms with van der Waals surface area (Å²) in [5.41, 5.74) is 5.17. The maximum Gasteiger partial charge on any atom is 0.127 e. The second-order valence-electron chi connectivity index (χ2n) is 14.6. The molecule has 0 amide bonds. The van der Waals surface area contributed by atoms with Gasteiger partial charge >= 0.3 is 0 Å². The van der Waals surface area contributed by atoms with E-state index in [9.17, 15) is 0 Å². The van der Waals surface area contributed by atoms with Crippen molar-refractivity contribution in [1.82, 2.24) is 19.6 Å². The fraction of sp³-hybridized carbons (Fsp3) is 0.500. The van der Waals surface area contributed by atoms with E-state index in [-0.39, 0.29) is 0 Å². The lowest BCUT2D eigenvalue weighted by atomic mass is 10.0. The Hall–Kier alpha value is -3.58. The summed E-state index contributed by atoms with van der Waals surface area (Å²) in [6.07, 6.45) is 6.28. The maximum atomic E-state index is 6.32. The molecule has 10 heteroatoms. The first-order chi connectivity index (χ1) is 26.7. The van der Waals surface area contributed by atoms with E-state index in [0.717, 1.165) is 114 Å². The molecule has 12 bridgehead atoms. The van der Waals surface area contributed by atoms with E-state index < -0.39 is 0 Å². The molecule has 3 aromatic carbocycles. The molecule has 3 aromatic rings. The molecular formula is C44H58N4O6. The average Bonchev–Trinajstić information content (AvgIpc) is 3.18. The molecule has 18 aliphatic heterocycles. The highest BCUT2D eigenvalue weighted by Gasteiger charge is 2.16. The van der Waals surface area contributed by atoms with Gasteiger partial charge in [0.05, 0.1) is 52.9 Å². The molecule has 10 nitrogen and oxygen atoms in total. The predicted molar refractivity (Wildman–Crippen MR) is 211 cm³/mol. The van der Waals surface area contributed by atoms with Gasteiger partial charge in [0, 0.05) is 85.0 Å². The van der Waals surface area contributed by atoms with Gasteiger partial charge in [-0.25, -0.2) is 0 Å². The van der Waals surface area contributed by atoms with Crippen LogP contribution in [0.5, 0.6) is 17.2 Å². The SMILES string of the molecule is C1=C2CCC(=C1)Oc1ccc(cc1)CN1CCOCCN(CCOCC1)Cc1ccc(cc1)Oc1ccc(cc1)CN1CCOCCN(CCOCC1)C2. The van der Waals surface area contributed by atoms with Gasteiger partial charge in [-0.1, -0.05) is 48.0 Å². The van der Waals surface area contributed by atoms with E-state index in [2.05, 4.69) is 105 Å². The van der Waals surface area contributed by atoms with E-state index in [1.807, 2.05) is 0 Å². The van der Waals surface area contributed by atoms with Crippen LogP contribution in [0.15, 0.2) is 96.3 Å². The fourth-order valence-corrected chi connectivity index (χ4v) is 7.25. The lowest BCUT2D eigenvalue weighted by molar-refractivity contribution is 0.0342. The molecule has 0 saturated carbocycles. The minimum absolute atomic E-state index is 0.696. The number of allylic oxidation sites excluding steroid dienone is 3. The van der Waals surface area contributed by atoms with Crippen molar-refractivity contribution in [3.05, 3.63) is 113 Å². The molecule has 0 unspecified atom stereocenters. The quantitative estimate of drug-likeness (QED) is 0.276. The molecule has 22 rings (SSSR count). The van der Waals surface area contributed by atoms with Crippen molar-refractivity contribution >= 4 is 0 Å². The van der Waals surface area contributed by atoms with Crippen LogP contribution in [-0.2, 0) is 38.6 Å². The standard InChI is InChI=1S/C44H58N4O6/c1-9-41-10-2-37(1)33-45-17-25-49-27-19-46(20-28-50-26-18-45)35-39-5-13-43(14-6-39)54-44-15-7-40(8-16-44)36-48-23-31-51-29-21-47(22-30-52-32-24-48)34-38-3-11-42(53-41)12-4-38/h1-7,9-15H,8,16-36H2. The van der Waals surface area contributed by atoms with E-state index >= 15 is 0 Å². The molecule has 1 aliphatic carbocycles. The van der Waals surface area contributed by atoms with Crippen molar-refractivity contribution in [2.75, 3.05) is 112 Å². The van der Waals surface area contributed by atoms with Gasteiger partial charge in [-0.2, -0.15) is 0 Å². The minimum atomic E-state index is 0.696. The highest BCUT2D eigenvalue weighted by molar-refractivity contribution is 5.35. The minimum Gasteiger partial charge on any atom is -0.462 e. The Morgan fingerprint density at radius 3 is 1.00 bits per heavy atom. The van der Waals surface area contributed by atoms with Crippen molar-refractivity contribution in [2.24, 2.45) is 0 Å². The van der Waals surface area contributed by atoms with Crippen molar-refractivity contribution in [1.29, 1.82) is 0 Å². The zero-order chi connectivity index (χ0) is 36.6. The molecule has 0 N–H and O–H groups in total. The summed E-state index contributed by atoms with van der Waals surface area (Å²) in [5.74, 6) is 3.56. The smallest absolute Gasteiger partial charge is 0.127 e. The van der Waals surface area contributed by atoms with Gasteiger partial charge in [-0.15, -0.1) is 0 Å². The molecule has 0 spiro atoms. The second kappa shape index (κ2) is 20.9. The molecule has 2 fully saturated rings. The van der Waals surface area contributed by atoms with E-state index in [1.54, 1.807) is 0 Å². The van der Waals surface area contributed by atoms with Crippen molar-refractivity contribution in [2.45, 2.75) is 32.5 Å². The summed E-state index contributed by atoms with van der Waals surface area (Å²) >= 11 is 0. The molecule has 2 saturated heterocycles. The zero-order valence-electron chi connectivity index (χ0n) is 31.9. The Bertz CT molecular complexity index is 1590. The third kappa shape index (κ3) is 12.7. The van der Waals surface area contributed by atoms with Crippen LogP contribution in [-0.4, -0.2) is 131 Å². The first-order valence-electron chi connectivity index (χ1n) is 19.9. The second-order valence-corrected chi connectivity index (χ2v) is 14.6. The van der Waals surface area contributed by atoms with Crippen molar-refractivity contribution in [3.63, 3.8) is 0 Å². The van der Waals surface area contributed by atoms with Crippen molar-refractivity contribution < 1.29 is 28.4 Å².